The molecule has 1 aromatic carbocycles. The monoisotopic (exact) mass is 219 g/mol. The van der Waals surface area contributed by atoms with Crippen molar-refractivity contribution in [3.8, 4) is 11.3 Å². The molecule has 0 radical (unpaired) electrons. The van der Waals surface area contributed by atoms with E-state index in [0.717, 1.165) is 0 Å². The van der Waals surface area contributed by atoms with Gasteiger partial charge in [-0.25, -0.2) is 9.18 Å². The highest BCUT2D eigenvalue weighted by Crippen LogP contribution is 2.21. The van der Waals surface area contributed by atoms with Gasteiger partial charge in [0.2, 0.25) is 0 Å². The first-order valence-corrected chi connectivity index (χ1v) is 4.68. The molecule has 0 bridgehead atoms. The first kappa shape index (κ1) is 10.4. The van der Waals surface area contributed by atoms with E-state index in [0.29, 0.717) is 11.3 Å². The van der Waals surface area contributed by atoms with Crippen molar-refractivity contribution in [1.82, 2.24) is 9.55 Å². The number of halogens is 1. The molecule has 2 aromatic rings. The van der Waals surface area contributed by atoms with Gasteiger partial charge in [-0.3, -0.25) is 4.57 Å². The van der Waals surface area contributed by atoms with Crippen LogP contribution in [-0.4, -0.2) is 9.55 Å². The van der Waals surface area contributed by atoms with Crippen LogP contribution < -0.4 is 11.4 Å². The van der Waals surface area contributed by atoms with E-state index in [-0.39, 0.29) is 5.82 Å². The van der Waals surface area contributed by atoms with Crippen LogP contribution in [0.25, 0.3) is 11.3 Å². The van der Waals surface area contributed by atoms with Crippen LogP contribution in [0.15, 0.2) is 35.1 Å². The molecule has 0 saturated carbocycles. The predicted molar refractivity (Wildman–Crippen MR) is 59.3 cm³/mol. The van der Waals surface area contributed by atoms with E-state index in [1.165, 1.54) is 23.7 Å². The topological polar surface area (TPSA) is 60.9 Å². The fraction of sp³-hybridized carbons (Fsp3) is 0.0909. The van der Waals surface area contributed by atoms with Crippen molar-refractivity contribution >= 4 is 5.82 Å². The van der Waals surface area contributed by atoms with Crippen LogP contribution in [-0.2, 0) is 7.05 Å². The van der Waals surface area contributed by atoms with Gasteiger partial charge in [-0.1, -0.05) is 12.1 Å². The highest BCUT2D eigenvalue weighted by molar-refractivity contribution is 5.62. The second kappa shape index (κ2) is 3.77. The lowest BCUT2D eigenvalue weighted by molar-refractivity contribution is 0.628. The average molecular weight is 219 g/mol. The van der Waals surface area contributed by atoms with Gasteiger partial charge < -0.3 is 5.73 Å². The summed E-state index contributed by atoms with van der Waals surface area (Å²) in [6, 6.07) is 7.67. The molecule has 1 heterocycles. The Morgan fingerprint density at radius 2 is 2.06 bits per heavy atom. The van der Waals surface area contributed by atoms with Crippen LogP contribution in [0.5, 0.6) is 0 Å². The van der Waals surface area contributed by atoms with Crippen LogP contribution in [0.4, 0.5) is 10.2 Å². The van der Waals surface area contributed by atoms with Gasteiger partial charge >= 0.3 is 5.69 Å². The summed E-state index contributed by atoms with van der Waals surface area (Å²) in [5.74, 6) is -0.315. The lowest BCUT2D eigenvalue weighted by Gasteiger charge is -2.08. The third-order valence-electron chi connectivity index (χ3n) is 2.31. The van der Waals surface area contributed by atoms with Crippen molar-refractivity contribution in [2.24, 2.45) is 7.05 Å². The zero-order valence-electron chi connectivity index (χ0n) is 8.64. The smallest absolute Gasteiger partial charge is 0.349 e. The molecule has 0 unspecified atom stereocenters. The van der Waals surface area contributed by atoms with Gasteiger partial charge in [0.25, 0.3) is 0 Å². The van der Waals surface area contributed by atoms with E-state index in [2.05, 4.69) is 4.98 Å². The van der Waals surface area contributed by atoms with Gasteiger partial charge in [0.1, 0.15) is 11.6 Å². The number of nitrogen functional groups attached to an aromatic ring is 1. The summed E-state index contributed by atoms with van der Waals surface area (Å²) in [7, 11) is 1.52. The van der Waals surface area contributed by atoms with Crippen molar-refractivity contribution < 1.29 is 4.39 Å². The van der Waals surface area contributed by atoms with Crippen LogP contribution >= 0.6 is 0 Å². The highest BCUT2D eigenvalue weighted by Gasteiger charge is 2.09. The normalized spacial score (nSPS) is 10.4. The minimum atomic E-state index is -0.502. The quantitative estimate of drug-likeness (QED) is 0.783. The molecule has 0 aliphatic rings. The molecule has 0 amide bonds. The van der Waals surface area contributed by atoms with E-state index < -0.39 is 11.5 Å². The highest BCUT2D eigenvalue weighted by atomic mass is 19.1. The second-order valence-electron chi connectivity index (χ2n) is 3.39. The van der Waals surface area contributed by atoms with Gasteiger partial charge in [-0.05, 0) is 12.1 Å². The Bertz CT molecular complexity index is 592. The fourth-order valence-electron chi connectivity index (χ4n) is 1.49. The van der Waals surface area contributed by atoms with Crippen LogP contribution in [0.3, 0.4) is 0 Å². The summed E-state index contributed by atoms with van der Waals surface area (Å²) in [6.07, 6.45) is 0. The minimum absolute atomic E-state index is 0.0846. The summed E-state index contributed by atoms with van der Waals surface area (Å²) in [6.45, 7) is 0. The molecule has 4 nitrogen and oxygen atoms in total. The van der Waals surface area contributed by atoms with Crippen LogP contribution in [0.2, 0.25) is 0 Å². The van der Waals surface area contributed by atoms with E-state index in [1.54, 1.807) is 18.2 Å². The molecular formula is C11H10FN3O. The number of nitrogens with zero attached hydrogens (tertiary/aromatic N) is 2. The molecule has 82 valence electrons. The van der Waals surface area contributed by atoms with Crippen LogP contribution in [0.1, 0.15) is 0 Å². The number of rotatable bonds is 1. The third kappa shape index (κ3) is 1.67. The molecule has 5 heteroatoms. The summed E-state index contributed by atoms with van der Waals surface area (Å²) in [4.78, 5) is 14.9. The standard InChI is InChI=1S/C11H10FN3O/c1-15-9(6-10(13)14-11(15)16)7-4-2-3-5-8(7)12/h2-6H,1H3,(H2,13,14,16). The molecule has 2 rings (SSSR count). The molecule has 0 saturated heterocycles. The molecule has 2 N–H and O–H groups in total. The number of anilines is 1. The molecule has 0 aliphatic carbocycles. The first-order valence-electron chi connectivity index (χ1n) is 4.68. The van der Waals surface area contributed by atoms with Crippen LogP contribution in [0, 0.1) is 5.82 Å². The summed E-state index contributed by atoms with van der Waals surface area (Å²) >= 11 is 0. The molecular weight excluding hydrogens is 209 g/mol. The van der Waals surface area contributed by atoms with Gasteiger partial charge in [-0.15, -0.1) is 0 Å². The number of benzene rings is 1. The van der Waals surface area contributed by atoms with Crippen molar-refractivity contribution in [1.29, 1.82) is 0 Å². The molecule has 0 aliphatic heterocycles. The molecule has 0 atom stereocenters. The Kier molecular flexibility index (Phi) is 2.44. The van der Waals surface area contributed by atoms with Gasteiger partial charge in [0.15, 0.2) is 0 Å². The number of aromatic nitrogens is 2. The van der Waals surface area contributed by atoms with Crippen molar-refractivity contribution in [3.63, 3.8) is 0 Å². The number of hydrogen-bond acceptors (Lipinski definition) is 3. The first-order chi connectivity index (χ1) is 7.59. The van der Waals surface area contributed by atoms with E-state index in [1.807, 2.05) is 0 Å². The molecule has 0 fully saturated rings. The summed E-state index contributed by atoms with van der Waals surface area (Å²) < 4.78 is 14.8. The Morgan fingerprint density at radius 1 is 1.38 bits per heavy atom. The maximum absolute atomic E-state index is 13.5. The number of nitrogens with two attached hydrogens (primary N) is 1. The van der Waals surface area contributed by atoms with Crippen molar-refractivity contribution in [2.75, 3.05) is 5.73 Å². The van der Waals surface area contributed by atoms with E-state index >= 15 is 0 Å². The van der Waals surface area contributed by atoms with E-state index in [9.17, 15) is 9.18 Å². The fourth-order valence-corrected chi connectivity index (χ4v) is 1.49. The Balaban J connectivity index is 2.74. The number of hydrogen-bond donors (Lipinski definition) is 1. The van der Waals surface area contributed by atoms with Crippen molar-refractivity contribution in [3.05, 3.63) is 46.6 Å². The lowest BCUT2D eigenvalue weighted by Crippen LogP contribution is -2.22. The Hall–Kier alpha value is -2.17. The Labute approximate surface area is 91.2 Å². The average Bonchev–Trinajstić information content (AvgIpc) is 2.24. The SMILES string of the molecule is Cn1c(-c2ccccc2F)cc(N)nc1=O. The largest absolute Gasteiger partial charge is 0.383 e. The third-order valence-corrected chi connectivity index (χ3v) is 2.31. The zero-order valence-corrected chi connectivity index (χ0v) is 8.64. The summed E-state index contributed by atoms with van der Waals surface area (Å²) in [5, 5.41) is 0. The minimum Gasteiger partial charge on any atom is -0.383 e. The van der Waals surface area contributed by atoms with Gasteiger partial charge in [0, 0.05) is 18.7 Å². The maximum Gasteiger partial charge on any atom is 0.349 e. The zero-order chi connectivity index (χ0) is 11.7. The predicted octanol–water partition coefficient (Wildman–Crippen LogP) is 1.17. The summed E-state index contributed by atoms with van der Waals surface area (Å²) in [5.41, 5.74) is 5.71. The lowest BCUT2D eigenvalue weighted by atomic mass is 10.1. The molecule has 0 spiro atoms. The molecule has 1 aromatic heterocycles. The molecule has 16 heavy (non-hydrogen) atoms. The maximum atomic E-state index is 13.5. The van der Waals surface area contributed by atoms with Crippen molar-refractivity contribution in [2.45, 2.75) is 0 Å². The second-order valence-corrected chi connectivity index (χ2v) is 3.39. The van der Waals surface area contributed by atoms with Gasteiger partial charge in [0.05, 0.1) is 5.69 Å². The van der Waals surface area contributed by atoms with Gasteiger partial charge in [-0.2, -0.15) is 4.98 Å². The Morgan fingerprint density at radius 3 is 2.75 bits per heavy atom. The van der Waals surface area contributed by atoms with E-state index in [4.69, 9.17) is 5.73 Å².